The average molecular weight is 209 g/mol. The van der Waals surface area contributed by atoms with Gasteiger partial charge in [-0.25, -0.2) is 0 Å². The van der Waals surface area contributed by atoms with Crippen LogP contribution in [0.3, 0.4) is 0 Å². The van der Waals surface area contributed by atoms with E-state index in [1.165, 1.54) is 6.92 Å². The Morgan fingerprint density at radius 2 is 2.20 bits per heavy atom. The molecular formula is C11H19N3O. The van der Waals surface area contributed by atoms with Gasteiger partial charge in [0.2, 0.25) is 5.91 Å². The number of carbonyl (C=O) groups is 1. The molecule has 15 heavy (non-hydrogen) atoms. The minimum absolute atomic E-state index is 0.0747. The molecule has 0 aromatic heterocycles. The van der Waals surface area contributed by atoms with Crippen molar-refractivity contribution in [1.29, 1.82) is 5.41 Å². The molecule has 4 nitrogen and oxygen atoms in total. The highest BCUT2D eigenvalue weighted by molar-refractivity contribution is 5.96. The molecule has 0 aromatic carbocycles. The Morgan fingerprint density at radius 1 is 1.60 bits per heavy atom. The van der Waals surface area contributed by atoms with Crippen LogP contribution in [0.1, 0.15) is 33.1 Å². The lowest BCUT2D eigenvalue weighted by molar-refractivity contribution is -0.118. The summed E-state index contributed by atoms with van der Waals surface area (Å²) in [5.41, 5.74) is 6.46. The van der Waals surface area contributed by atoms with Gasteiger partial charge in [-0.1, -0.05) is 19.9 Å². The Morgan fingerprint density at radius 3 is 2.60 bits per heavy atom. The summed E-state index contributed by atoms with van der Waals surface area (Å²) in [5.74, 6) is -0.192. The highest BCUT2D eigenvalue weighted by atomic mass is 16.1. The third-order valence-corrected chi connectivity index (χ3v) is 1.83. The lowest BCUT2D eigenvalue weighted by Gasteiger charge is -2.08. The molecule has 0 aliphatic rings. The number of amides is 1. The predicted molar refractivity (Wildman–Crippen MR) is 62.5 cm³/mol. The summed E-state index contributed by atoms with van der Waals surface area (Å²) in [5, 5.41) is 9.88. The van der Waals surface area contributed by atoms with Crippen LogP contribution in [-0.2, 0) is 4.79 Å². The van der Waals surface area contributed by atoms with Gasteiger partial charge in [-0.15, -0.1) is 0 Å². The first-order chi connectivity index (χ1) is 6.97. The average Bonchev–Trinajstić information content (AvgIpc) is 2.13. The molecule has 4 N–H and O–H groups in total. The van der Waals surface area contributed by atoms with E-state index in [0.717, 1.165) is 25.0 Å². The van der Waals surface area contributed by atoms with Crippen LogP contribution in [0.5, 0.6) is 0 Å². The highest BCUT2D eigenvalue weighted by Gasteiger charge is 2.01. The summed E-state index contributed by atoms with van der Waals surface area (Å²) >= 11 is 0. The first-order valence-electron chi connectivity index (χ1n) is 4.98. The van der Waals surface area contributed by atoms with Gasteiger partial charge < -0.3 is 11.1 Å². The van der Waals surface area contributed by atoms with Crippen LogP contribution in [0.4, 0.5) is 0 Å². The number of hydrogen-bond donors (Lipinski definition) is 3. The van der Waals surface area contributed by atoms with E-state index in [-0.39, 0.29) is 11.7 Å². The molecule has 0 heterocycles. The second kappa shape index (κ2) is 6.81. The molecule has 1 amide bonds. The van der Waals surface area contributed by atoms with E-state index in [9.17, 15) is 4.79 Å². The first-order valence-corrected chi connectivity index (χ1v) is 4.98. The highest BCUT2D eigenvalue weighted by Crippen LogP contribution is 2.07. The van der Waals surface area contributed by atoms with Crippen molar-refractivity contribution in [2.24, 2.45) is 5.73 Å². The summed E-state index contributed by atoms with van der Waals surface area (Å²) in [7, 11) is 0. The molecule has 0 aromatic rings. The normalized spacial score (nSPS) is 10.9. The number of carbonyl (C=O) groups excluding carboxylic acids is 1. The van der Waals surface area contributed by atoms with E-state index >= 15 is 0 Å². The zero-order valence-corrected chi connectivity index (χ0v) is 9.39. The largest absolute Gasteiger partial charge is 0.384 e. The standard InChI is InChI=1S/C11H19N3O/c1-4-5-6-10(14-9(3)15)7-8(2)11(12)13/h7H,2,4-6H2,1,3H3,(H3,12,13)(H,14,15)/b10-7+. The van der Waals surface area contributed by atoms with E-state index in [2.05, 4.69) is 18.8 Å². The van der Waals surface area contributed by atoms with Gasteiger partial charge in [-0.3, -0.25) is 10.2 Å². The quantitative estimate of drug-likeness (QED) is 0.353. The molecule has 0 bridgehead atoms. The van der Waals surface area contributed by atoms with Gasteiger partial charge in [-0.2, -0.15) is 0 Å². The lowest BCUT2D eigenvalue weighted by atomic mass is 10.1. The monoisotopic (exact) mass is 209 g/mol. The number of hydrogen-bond acceptors (Lipinski definition) is 2. The van der Waals surface area contributed by atoms with Crippen molar-refractivity contribution in [3.05, 3.63) is 23.9 Å². The van der Waals surface area contributed by atoms with Gasteiger partial charge >= 0.3 is 0 Å². The van der Waals surface area contributed by atoms with E-state index in [1.807, 2.05) is 0 Å². The molecule has 84 valence electrons. The maximum atomic E-state index is 10.9. The molecule has 0 atom stereocenters. The van der Waals surface area contributed by atoms with Gasteiger partial charge in [0.05, 0.1) is 0 Å². The van der Waals surface area contributed by atoms with Crippen molar-refractivity contribution in [1.82, 2.24) is 5.32 Å². The van der Waals surface area contributed by atoms with Crippen molar-refractivity contribution in [3.8, 4) is 0 Å². The number of nitrogens with two attached hydrogens (primary N) is 1. The summed E-state index contributed by atoms with van der Waals surface area (Å²) in [4.78, 5) is 10.9. The summed E-state index contributed by atoms with van der Waals surface area (Å²) < 4.78 is 0. The molecule has 0 aliphatic carbocycles. The maximum absolute atomic E-state index is 10.9. The second-order valence-electron chi connectivity index (χ2n) is 3.39. The van der Waals surface area contributed by atoms with Crippen molar-refractivity contribution >= 4 is 11.7 Å². The minimum Gasteiger partial charge on any atom is -0.384 e. The van der Waals surface area contributed by atoms with Crippen LogP contribution in [0.25, 0.3) is 0 Å². The van der Waals surface area contributed by atoms with Gasteiger partial charge in [0.25, 0.3) is 0 Å². The predicted octanol–water partition coefficient (Wildman–Crippen LogP) is 1.69. The molecule has 0 aliphatic heterocycles. The second-order valence-corrected chi connectivity index (χ2v) is 3.39. The molecular weight excluding hydrogens is 190 g/mol. The molecule has 0 saturated carbocycles. The minimum atomic E-state index is -0.117. The molecule has 0 spiro atoms. The van der Waals surface area contributed by atoms with E-state index < -0.39 is 0 Å². The number of allylic oxidation sites excluding steroid dienone is 1. The molecule has 0 radical (unpaired) electrons. The molecule has 0 fully saturated rings. The number of nitrogens with one attached hydrogen (secondary N) is 2. The first kappa shape index (κ1) is 13.4. The van der Waals surface area contributed by atoms with Crippen LogP contribution >= 0.6 is 0 Å². The fraction of sp³-hybridized carbons (Fsp3) is 0.455. The van der Waals surface area contributed by atoms with Gasteiger partial charge in [0.15, 0.2) is 0 Å². The fourth-order valence-electron chi connectivity index (χ4n) is 1.05. The Labute approximate surface area is 90.7 Å². The van der Waals surface area contributed by atoms with Crippen LogP contribution in [0.2, 0.25) is 0 Å². The molecule has 0 saturated heterocycles. The van der Waals surface area contributed by atoms with E-state index in [0.29, 0.717) is 5.57 Å². The van der Waals surface area contributed by atoms with E-state index in [4.69, 9.17) is 11.1 Å². The van der Waals surface area contributed by atoms with Crippen LogP contribution in [-0.4, -0.2) is 11.7 Å². The van der Waals surface area contributed by atoms with Gasteiger partial charge in [0, 0.05) is 18.2 Å². The van der Waals surface area contributed by atoms with Gasteiger partial charge in [0.1, 0.15) is 5.84 Å². The Balaban J connectivity index is 4.52. The molecule has 0 rings (SSSR count). The van der Waals surface area contributed by atoms with Crippen LogP contribution in [0.15, 0.2) is 23.9 Å². The SMILES string of the molecule is C=C(/C=C(\CCCC)NC(C)=O)C(=N)N. The summed E-state index contributed by atoms with van der Waals surface area (Å²) in [6, 6.07) is 0. The topological polar surface area (TPSA) is 79.0 Å². The molecule has 0 unspecified atom stereocenters. The van der Waals surface area contributed by atoms with Crippen LogP contribution in [0, 0.1) is 5.41 Å². The molecule has 4 heteroatoms. The summed E-state index contributed by atoms with van der Waals surface area (Å²) in [6.07, 6.45) is 4.45. The van der Waals surface area contributed by atoms with Crippen LogP contribution < -0.4 is 11.1 Å². The van der Waals surface area contributed by atoms with E-state index in [1.54, 1.807) is 6.08 Å². The van der Waals surface area contributed by atoms with Crippen molar-refractivity contribution < 1.29 is 4.79 Å². The van der Waals surface area contributed by atoms with Crippen molar-refractivity contribution in [2.75, 3.05) is 0 Å². The third-order valence-electron chi connectivity index (χ3n) is 1.83. The number of unbranched alkanes of at least 4 members (excludes halogenated alkanes) is 1. The van der Waals surface area contributed by atoms with Crippen molar-refractivity contribution in [3.63, 3.8) is 0 Å². The summed E-state index contributed by atoms with van der Waals surface area (Å²) in [6.45, 7) is 7.16. The van der Waals surface area contributed by atoms with Crippen molar-refractivity contribution in [2.45, 2.75) is 33.1 Å². The van der Waals surface area contributed by atoms with Gasteiger partial charge in [-0.05, 0) is 18.9 Å². The third kappa shape index (κ3) is 6.49. The zero-order chi connectivity index (χ0) is 11.8. The lowest BCUT2D eigenvalue weighted by Crippen LogP contribution is -2.20. The Hall–Kier alpha value is -1.58. The smallest absolute Gasteiger partial charge is 0.220 e. The number of rotatable bonds is 6. The Bertz CT molecular complexity index is 292. The Kier molecular flexibility index (Phi) is 6.09. The fourth-order valence-corrected chi connectivity index (χ4v) is 1.05. The number of amidine groups is 1. The maximum Gasteiger partial charge on any atom is 0.220 e. The zero-order valence-electron chi connectivity index (χ0n) is 9.39.